The van der Waals surface area contributed by atoms with Gasteiger partial charge in [0.2, 0.25) is 0 Å². The third kappa shape index (κ3) is 5.14. The van der Waals surface area contributed by atoms with Gasteiger partial charge in [-0.1, -0.05) is 62.4 Å². The lowest BCUT2D eigenvalue weighted by atomic mass is 9.84. The third-order valence-electron chi connectivity index (χ3n) is 5.09. The molecule has 0 amide bonds. The van der Waals surface area contributed by atoms with Gasteiger partial charge in [-0.25, -0.2) is 4.98 Å². The van der Waals surface area contributed by atoms with Crippen LogP contribution in [0.4, 0.5) is 0 Å². The monoisotopic (exact) mass is 343 g/mol. The Labute approximate surface area is 149 Å². The van der Waals surface area contributed by atoms with Crippen molar-refractivity contribution in [2.24, 2.45) is 11.7 Å². The SMILES string of the molecule is NC(CC1CCCCC1)C(O)c1nccn1COCc1ccccc1. The average Bonchev–Trinajstić information content (AvgIpc) is 3.11. The number of hydrogen-bond donors (Lipinski definition) is 2. The first-order chi connectivity index (χ1) is 12.2. The van der Waals surface area contributed by atoms with Crippen molar-refractivity contribution >= 4 is 0 Å². The molecule has 0 saturated heterocycles. The molecule has 1 saturated carbocycles. The molecule has 1 aliphatic carbocycles. The van der Waals surface area contributed by atoms with Gasteiger partial charge in [0.1, 0.15) is 18.7 Å². The summed E-state index contributed by atoms with van der Waals surface area (Å²) in [4.78, 5) is 4.31. The van der Waals surface area contributed by atoms with Crippen LogP contribution in [0, 0.1) is 5.92 Å². The first kappa shape index (κ1) is 18.1. The highest BCUT2D eigenvalue weighted by Gasteiger charge is 2.25. The van der Waals surface area contributed by atoms with E-state index in [0.717, 1.165) is 12.0 Å². The van der Waals surface area contributed by atoms with Gasteiger partial charge in [-0.15, -0.1) is 0 Å². The number of nitrogens with zero attached hydrogens (tertiary/aromatic N) is 2. The maximum absolute atomic E-state index is 10.6. The zero-order valence-electron chi connectivity index (χ0n) is 14.8. The van der Waals surface area contributed by atoms with E-state index in [0.29, 0.717) is 25.1 Å². The Hall–Kier alpha value is -1.69. The fraction of sp³-hybridized carbons (Fsp3) is 0.550. The Balaban J connectivity index is 1.52. The molecule has 2 aromatic rings. The van der Waals surface area contributed by atoms with E-state index in [1.165, 1.54) is 32.1 Å². The molecule has 3 rings (SSSR count). The minimum Gasteiger partial charge on any atom is -0.384 e. The molecule has 25 heavy (non-hydrogen) atoms. The van der Waals surface area contributed by atoms with Crippen LogP contribution < -0.4 is 5.73 Å². The highest BCUT2D eigenvalue weighted by molar-refractivity contribution is 5.13. The number of imidazole rings is 1. The molecule has 1 heterocycles. The number of benzene rings is 1. The van der Waals surface area contributed by atoms with Crippen molar-refractivity contribution in [2.75, 3.05) is 0 Å². The van der Waals surface area contributed by atoms with E-state index in [9.17, 15) is 5.11 Å². The predicted octanol–water partition coefficient (Wildman–Crippen LogP) is 3.39. The summed E-state index contributed by atoms with van der Waals surface area (Å²) >= 11 is 0. The van der Waals surface area contributed by atoms with Crippen molar-refractivity contribution < 1.29 is 9.84 Å². The maximum Gasteiger partial charge on any atom is 0.141 e. The number of aliphatic hydroxyl groups is 1. The van der Waals surface area contributed by atoms with Crippen molar-refractivity contribution in [3.8, 4) is 0 Å². The molecule has 1 fully saturated rings. The fourth-order valence-electron chi connectivity index (χ4n) is 3.66. The van der Waals surface area contributed by atoms with Crippen LogP contribution in [0.2, 0.25) is 0 Å². The molecule has 1 aromatic carbocycles. The highest BCUT2D eigenvalue weighted by atomic mass is 16.5. The molecule has 5 nitrogen and oxygen atoms in total. The topological polar surface area (TPSA) is 73.3 Å². The maximum atomic E-state index is 10.6. The average molecular weight is 343 g/mol. The molecule has 0 spiro atoms. The van der Waals surface area contributed by atoms with Gasteiger partial charge in [0.25, 0.3) is 0 Å². The molecular weight excluding hydrogens is 314 g/mol. The van der Waals surface area contributed by atoms with Crippen molar-refractivity contribution in [2.45, 2.75) is 64.0 Å². The molecule has 0 bridgehead atoms. The number of aromatic nitrogens is 2. The second kappa shape index (κ2) is 9.13. The molecule has 136 valence electrons. The summed E-state index contributed by atoms with van der Waals surface area (Å²) in [6, 6.07) is 9.76. The molecule has 2 unspecified atom stereocenters. The normalized spacial score (nSPS) is 18.2. The van der Waals surface area contributed by atoms with E-state index < -0.39 is 6.10 Å². The first-order valence-electron chi connectivity index (χ1n) is 9.30. The Kier molecular flexibility index (Phi) is 6.62. The minimum absolute atomic E-state index is 0.279. The largest absolute Gasteiger partial charge is 0.384 e. The molecule has 3 N–H and O–H groups in total. The molecule has 0 aliphatic heterocycles. The molecule has 1 aromatic heterocycles. The molecular formula is C20H29N3O2. The lowest BCUT2D eigenvalue weighted by molar-refractivity contribution is 0.0501. The molecule has 0 radical (unpaired) electrons. The molecule has 5 heteroatoms. The summed E-state index contributed by atoms with van der Waals surface area (Å²) in [6.07, 6.45) is 10.00. The number of rotatable bonds is 8. The van der Waals surface area contributed by atoms with Gasteiger partial charge >= 0.3 is 0 Å². The summed E-state index contributed by atoms with van der Waals surface area (Å²) in [5.74, 6) is 1.23. The van der Waals surface area contributed by atoms with Gasteiger partial charge in [-0.05, 0) is 17.9 Å². The van der Waals surface area contributed by atoms with E-state index >= 15 is 0 Å². The summed E-state index contributed by atoms with van der Waals surface area (Å²) < 4.78 is 7.60. The van der Waals surface area contributed by atoms with E-state index in [4.69, 9.17) is 10.5 Å². The Bertz CT molecular complexity index is 623. The van der Waals surface area contributed by atoms with E-state index in [1.807, 2.05) is 41.1 Å². The Morgan fingerprint density at radius 3 is 2.72 bits per heavy atom. The van der Waals surface area contributed by atoms with E-state index in [1.54, 1.807) is 6.20 Å². The van der Waals surface area contributed by atoms with Crippen molar-refractivity contribution in [1.29, 1.82) is 0 Å². The number of aliphatic hydroxyl groups excluding tert-OH is 1. The molecule has 1 aliphatic rings. The standard InChI is InChI=1S/C20H29N3O2/c21-18(13-16-7-3-1-4-8-16)19(24)20-22-11-12-23(20)15-25-14-17-9-5-2-6-10-17/h2,5-6,9-12,16,18-19,24H,1,3-4,7-8,13-15,21H2. The van der Waals surface area contributed by atoms with Crippen LogP contribution in [0.1, 0.15) is 56.0 Å². The van der Waals surface area contributed by atoms with Crippen LogP contribution in [-0.4, -0.2) is 20.7 Å². The minimum atomic E-state index is -0.753. The van der Waals surface area contributed by atoms with Gasteiger partial charge in [-0.2, -0.15) is 0 Å². The van der Waals surface area contributed by atoms with Crippen LogP contribution in [-0.2, 0) is 18.1 Å². The van der Waals surface area contributed by atoms with Crippen molar-refractivity contribution in [1.82, 2.24) is 9.55 Å². The first-order valence-corrected chi connectivity index (χ1v) is 9.30. The Morgan fingerprint density at radius 1 is 1.20 bits per heavy atom. The summed E-state index contributed by atoms with van der Waals surface area (Å²) in [5, 5.41) is 10.6. The lowest BCUT2D eigenvalue weighted by Crippen LogP contribution is -2.33. The van der Waals surface area contributed by atoms with Gasteiger partial charge in [0.05, 0.1) is 6.61 Å². The van der Waals surface area contributed by atoms with Crippen LogP contribution in [0.3, 0.4) is 0 Å². The molecule has 2 atom stereocenters. The Morgan fingerprint density at radius 2 is 1.96 bits per heavy atom. The second-order valence-electron chi connectivity index (χ2n) is 7.07. The zero-order valence-corrected chi connectivity index (χ0v) is 14.8. The third-order valence-corrected chi connectivity index (χ3v) is 5.09. The van der Waals surface area contributed by atoms with Crippen LogP contribution in [0.15, 0.2) is 42.7 Å². The van der Waals surface area contributed by atoms with E-state index in [-0.39, 0.29) is 6.04 Å². The summed E-state index contributed by atoms with van der Waals surface area (Å²) in [7, 11) is 0. The summed E-state index contributed by atoms with van der Waals surface area (Å²) in [6.45, 7) is 0.889. The second-order valence-corrected chi connectivity index (χ2v) is 7.07. The fourth-order valence-corrected chi connectivity index (χ4v) is 3.66. The zero-order chi connectivity index (χ0) is 17.5. The van der Waals surface area contributed by atoms with Crippen molar-refractivity contribution in [3.05, 3.63) is 54.1 Å². The quantitative estimate of drug-likeness (QED) is 0.770. The van der Waals surface area contributed by atoms with Crippen molar-refractivity contribution in [3.63, 3.8) is 0 Å². The van der Waals surface area contributed by atoms with Crippen LogP contribution in [0.25, 0.3) is 0 Å². The van der Waals surface area contributed by atoms with Crippen LogP contribution >= 0.6 is 0 Å². The van der Waals surface area contributed by atoms with Gasteiger partial charge in [0, 0.05) is 18.4 Å². The number of nitrogens with two attached hydrogens (primary N) is 1. The lowest BCUT2D eigenvalue weighted by Gasteiger charge is -2.27. The number of ether oxygens (including phenoxy) is 1. The van der Waals surface area contributed by atoms with E-state index in [2.05, 4.69) is 4.98 Å². The number of hydrogen-bond acceptors (Lipinski definition) is 4. The smallest absolute Gasteiger partial charge is 0.141 e. The van der Waals surface area contributed by atoms with Gasteiger partial charge in [-0.3, -0.25) is 0 Å². The van der Waals surface area contributed by atoms with Gasteiger partial charge < -0.3 is 20.1 Å². The summed E-state index contributed by atoms with van der Waals surface area (Å²) in [5.41, 5.74) is 7.41. The highest BCUT2D eigenvalue weighted by Crippen LogP contribution is 2.29. The van der Waals surface area contributed by atoms with Gasteiger partial charge in [0.15, 0.2) is 0 Å². The van der Waals surface area contributed by atoms with Crippen LogP contribution in [0.5, 0.6) is 0 Å². The predicted molar refractivity (Wildman–Crippen MR) is 97.6 cm³/mol.